The Balaban J connectivity index is 1.59. The lowest BCUT2D eigenvalue weighted by molar-refractivity contribution is -0.0426. The lowest BCUT2D eigenvalue weighted by atomic mass is 9.97. The van der Waals surface area contributed by atoms with Gasteiger partial charge in [0.15, 0.2) is 0 Å². The van der Waals surface area contributed by atoms with Gasteiger partial charge in [-0.3, -0.25) is 0 Å². The van der Waals surface area contributed by atoms with Crippen LogP contribution in [0.4, 0.5) is 0 Å². The maximum Gasteiger partial charge on any atom is 0.118 e. The number of nitrogens with zero attached hydrogens (tertiary/aromatic N) is 1. The quantitative estimate of drug-likeness (QED) is 0.755. The third-order valence-electron chi connectivity index (χ3n) is 6.22. The van der Waals surface area contributed by atoms with Crippen LogP contribution in [0.25, 0.3) is 0 Å². The first-order valence-corrected chi connectivity index (χ1v) is 9.83. The summed E-state index contributed by atoms with van der Waals surface area (Å²) in [7, 11) is 5.66. The molecular weight excluding hydrogens is 338 g/mol. The fourth-order valence-electron chi connectivity index (χ4n) is 4.57. The monoisotopic (exact) mass is 367 g/mol. The molecular formula is C23H29NO3. The predicted molar refractivity (Wildman–Crippen MR) is 107 cm³/mol. The summed E-state index contributed by atoms with van der Waals surface area (Å²) < 4.78 is 17.4. The van der Waals surface area contributed by atoms with E-state index in [1.54, 1.807) is 14.2 Å². The normalized spacial score (nSPS) is 25.0. The van der Waals surface area contributed by atoms with Crippen molar-refractivity contribution in [1.82, 2.24) is 4.90 Å². The summed E-state index contributed by atoms with van der Waals surface area (Å²) in [6.45, 7) is 0. The Morgan fingerprint density at radius 1 is 0.778 bits per heavy atom. The summed E-state index contributed by atoms with van der Waals surface area (Å²) in [5.74, 6) is 1.73. The smallest absolute Gasteiger partial charge is 0.118 e. The van der Waals surface area contributed by atoms with Gasteiger partial charge in [-0.05, 0) is 68.1 Å². The lowest BCUT2D eigenvalue weighted by Gasteiger charge is -2.38. The molecule has 0 amide bonds. The Labute approximate surface area is 162 Å². The van der Waals surface area contributed by atoms with Crippen LogP contribution in [0.2, 0.25) is 0 Å². The summed E-state index contributed by atoms with van der Waals surface area (Å²) in [5, 5.41) is 0. The maximum atomic E-state index is 6.73. The summed E-state index contributed by atoms with van der Waals surface area (Å²) in [6, 6.07) is 17.8. The SMILES string of the molecule is COc1ccc(C(OC2C[C@H]3CC[C@@H](C2)N3C)c2ccc(OC)cc2)cc1. The van der Waals surface area contributed by atoms with Crippen molar-refractivity contribution in [2.75, 3.05) is 21.3 Å². The molecule has 0 saturated carbocycles. The van der Waals surface area contributed by atoms with Gasteiger partial charge in [0.2, 0.25) is 0 Å². The van der Waals surface area contributed by atoms with Crippen LogP contribution in [-0.2, 0) is 4.74 Å². The molecule has 3 atom stereocenters. The van der Waals surface area contributed by atoms with Crippen molar-refractivity contribution >= 4 is 0 Å². The van der Waals surface area contributed by atoms with E-state index >= 15 is 0 Å². The number of hydrogen-bond donors (Lipinski definition) is 0. The van der Waals surface area contributed by atoms with E-state index in [2.05, 4.69) is 36.2 Å². The maximum absolute atomic E-state index is 6.73. The average Bonchev–Trinajstić information content (AvgIpc) is 2.93. The molecule has 0 aliphatic carbocycles. The average molecular weight is 367 g/mol. The third-order valence-corrected chi connectivity index (χ3v) is 6.22. The number of methoxy groups -OCH3 is 2. The van der Waals surface area contributed by atoms with E-state index in [1.165, 1.54) is 12.8 Å². The van der Waals surface area contributed by atoms with Crippen molar-refractivity contribution in [1.29, 1.82) is 0 Å². The molecule has 2 bridgehead atoms. The van der Waals surface area contributed by atoms with Crippen LogP contribution in [0, 0.1) is 0 Å². The molecule has 4 rings (SSSR count). The van der Waals surface area contributed by atoms with Crippen LogP contribution in [-0.4, -0.2) is 44.4 Å². The predicted octanol–water partition coefficient (Wildman–Crippen LogP) is 4.44. The van der Waals surface area contributed by atoms with E-state index in [0.29, 0.717) is 18.2 Å². The minimum atomic E-state index is -0.0744. The first-order chi connectivity index (χ1) is 13.2. The Kier molecular flexibility index (Phi) is 5.37. The van der Waals surface area contributed by atoms with Gasteiger partial charge in [-0.1, -0.05) is 24.3 Å². The van der Waals surface area contributed by atoms with Crippen molar-refractivity contribution in [3.05, 3.63) is 59.7 Å². The van der Waals surface area contributed by atoms with Gasteiger partial charge in [-0.2, -0.15) is 0 Å². The van der Waals surface area contributed by atoms with Gasteiger partial charge in [0, 0.05) is 12.1 Å². The minimum Gasteiger partial charge on any atom is -0.497 e. The topological polar surface area (TPSA) is 30.9 Å². The molecule has 0 radical (unpaired) electrons. The van der Waals surface area contributed by atoms with Crippen LogP contribution in [0.15, 0.2) is 48.5 Å². The highest BCUT2D eigenvalue weighted by Gasteiger charge is 2.39. The molecule has 4 nitrogen and oxygen atoms in total. The molecule has 2 fully saturated rings. The highest BCUT2D eigenvalue weighted by molar-refractivity contribution is 5.36. The van der Waals surface area contributed by atoms with Crippen LogP contribution in [0.1, 0.15) is 42.9 Å². The molecule has 4 heteroatoms. The van der Waals surface area contributed by atoms with E-state index in [9.17, 15) is 0 Å². The molecule has 2 heterocycles. The first-order valence-electron chi connectivity index (χ1n) is 9.83. The molecule has 0 spiro atoms. The zero-order valence-corrected chi connectivity index (χ0v) is 16.4. The molecule has 0 N–H and O–H groups in total. The Bertz CT molecular complexity index is 682. The van der Waals surface area contributed by atoms with Crippen molar-refractivity contribution < 1.29 is 14.2 Å². The van der Waals surface area contributed by atoms with E-state index in [1.807, 2.05) is 24.3 Å². The summed E-state index contributed by atoms with van der Waals surface area (Å²) in [4.78, 5) is 2.55. The largest absolute Gasteiger partial charge is 0.497 e. The number of fused-ring (bicyclic) bond motifs is 2. The van der Waals surface area contributed by atoms with E-state index in [4.69, 9.17) is 14.2 Å². The zero-order valence-electron chi connectivity index (χ0n) is 16.4. The van der Waals surface area contributed by atoms with Crippen molar-refractivity contribution in [2.45, 2.75) is 50.0 Å². The van der Waals surface area contributed by atoms with Crippen LogP contribution >= 0.6 is 0 Å². The highest BCUT2D eigenvalue weighted by Crippen LogP contribution is 2.39. The fourth-order valence-corrected chi connectivity index (χ4v) is 4.57. The highest BCUT2D eigenvalue weighted by atomic mass is 16.5. The Morgan fingerprint density at radius 2 is 1.22 bits per heavy atom. The van der Waals surface area contributed by atoms with Gasteiger partial charge >= 0.3 is 0 Å². The van der Waals surface area contributed by atoms with Crippen molar-refractivity contribution in [2.24, 2.45) is 0 Å². The van der Waals surface area contributed by atoms with Gasteiger partial charge in [0.05, 0.1) is 20.3 Å². The summed E-state index contributed by atoms with van der Waals surface area (Å²) in [6.07, 6.45) is 5.07. The summed E-state index contributed by atoms with van der Waals surface area (Å²) in [5.41, 5.74) is 2.32. The summed E-state index contributed by atoms with van der Waals surface area (Å²) >= 11 is 0. The van der Waals surface area contributed by atoms with Gasteiger partial charge in [-0.15, -0.1) is 0 Å². The number of hydrogen-bond acceptors (Lipinski definition) is 4. The first kappa shape index (κ1) is 18.3. The second-order valence-corrected chi connectivity index (χ2v) is 7.71. The molecule has 1 unspecified atom stereocenters. The number of piperidine rings is 1. The number of rotatable bonds is 6. The molecule has 2 saturated heterocycles. The molecule has 144 valence electrons. The van der Waals surface area contributed by atoms with Crippen LogP contribution in [0.3, 0.4) is 0 Å². The van der Waals surface area contributed by atoms with Crippen LogP contribution in [0.5, 0.6) is 11.5 Å². The third kappa shape index (κ3) is 3.83. The minimum absolute atomic E-state index is 0.0744. The van der Waals surface area contributed by atoms with Gasteiger partial charge in [0.1, 0.15) is 17.6 Å². The van der Waals surface area contributed by atoms with Crippen LogP contribution < -0.4 is 9.47 Å². The Morgan fingerprint density at radius 3 is 1.63 bits per heavy atom. The van der Waals surface area contributed by atoms with Gasteiger partial charge in [-0.25, -0.2) is 0 Å². The number of ether oxygens (including phenoxy) is 3. The molecule has 0 aromatic heterocycles. The molecule has 2 aromatic rings. The second-order valence-electron chi connectivity index (χ2n) is 7.71. The molecule has 2 aromatic carbocycles. The van der Waals surface area contributed by atoms with E-state index in [0.717, 1.165) is 35.5 Å². The zero-order chi connectivity index (χ0) is 18.8. The molecule has 2 aliphatic heterocycles. The molecule has 2 aliphatic rings. The van der Waals surface area contributed by atoms with Crippen molar-refractivity contribution in [3.8, 4) is 11.5 Å². The van der Waals surface area contributed by atoms with E-state index < -0.39 is 0 Å². The number of benzene rings is 2. The Hall–Kier alpha value is -2.04. The van der Waals surface area contributed by atoms with E-state index in [-0.39, 0.29) is 6.10 Å². The van der Waals surface area contributed by atoms with Crippen molar-refractivity contribution in [3.63, 3.8) is 0 Å². The second kappa shape index (κ2) is 7.91. The standard InChI is InChI=1S/C23H29NO3/c1-24-18-8-9-19(24)15-22(14-18)27-23(16-4-10-20(25-2)11-5-16)17-6-12-21(26-3)13-7-17/h4-7,10-13,18-19,22-23H,8-9,14-15H2,1-3H3/t18-,19+,22?. The molecule has 27 heavy (non-hydrogen) atoms. The fraction of sp³-hybridized carbons (Fsp3) is 0.478. The van der Waals surface area contributed by atoms with Gasteiger partial charge in [0.25, 0.3) is 0 Å². The van der Waals surface area contributed by atoms with Gasteiger partial charge < -0.3 is 19.1 Å². The lowest BCUT2D eigenvalue weighted by Crippen LogP contribution is -2.43.